The predicted molar refractivity (Wildman–Crippen MR) is 104 cm³/mol. The summed E-state index contributed by atoms with van der Waals surface area (Å²) >= 11 is 0. The van der Waals surface area contributed by atoms with Crippen molar-refractivity contribution in [2.24, 2.45) is 5.92 Å². The van der Waals surface area contributed by atoms with Crippen molar-refractivity contribution in [2.45, 2.75) is 31.2 Å². The molecule has 0 bridgehead atoms. The highest BCUT2D eigenvalue weighted by atomic mass is 35.5. The average Bonchev–Trinajstić information content (AvgIpc) is 3.18. The molecule has 2 N–H and O–H groups in total. The molecular formula is C18H27Cl2F2N3O. The lowest BCUT2D eigenvalue weighted by Gasteiger charge is -2.17. The lowest BCUT2D eigenvalue weighted by Crippen LogP contribution is -2.42. The zero-order valence-electron chi connectivity index (χ0n) is 14.6. The molecule has 2 aliphatic heterocycles. The number of halogens is 4. The summed E-state index contributed by atoms with van der Waals surface area (Å²) in [6.45, 7) is 3.19. The molecule has 0 saturated carbocycles. The number of hydrogen-bond acceptors (Lipinski definition) is 3. The van der Waals surface area contributed by atoms with Gasteiger partial charge in [0.25, 0.3) is 5.92 Å². The van der Waals surface area contributed by atoms with E-state index in [1.165, 1.54) is 5.56 Å². The van der Waals surface area contributed by atoms with Gasteiger partial charge in [-0.05, 0) is 30.9 Å². The van der Waals surface area contributed by atoms with Crippen molar-refractivity contribution >= 4 is 30.7 Å². The van der Waals surface area contributed by atoms with Crippen LogP contribution in [0.5, 0.6) is 0 Å². The highest BCUT2D eigenvalue weighted by molar-refractivity contribution is 5.85. The van der Waals surface area contributed by atoms with Crippen LogP contribution in [0.2, 0.25) is 0 Å². The number of likely N-dealkylation sites (tertiary alicyclic amines) is 1. The normalized spacial score (nSPS) is 24.5. The molecule has 3 rings (SSSR count). The largest absolute Gasteiger partial charge is 0.354 e. The number of rotatable bonds is 6. The molecule has 0 radical (unpaired) electrons. The molecule has 0 aliphatic carbocycles. The summed E-state index contributed by atoms with van der Waals surface area (Å²) in [6, 6.07) is 9.65. The molecule has 1 amide bonds. The van der Waals surface area contributed by atoms with Crippen LogP contribution in [0.4, 0.5) is 8.78 Å². The molecule has 2 heterocycles. The second kappa shape index (κ2) is 10.4. The SMILES string of the molecule is Cl.Cl.O=C(NCC1CCN(CCc2ccccc2)C1)C1CC(F)(F)CN1. The monoisotopic (exact) mass is 409 g/mol. The Morgan fingerprint density at radius 3 is 2.65 bits per heavy atom. The van der Waals surface area contributed by atoms with Crippen molar-refractivity contribution in [3.8, 4) is 0 Å². The van der Waals surface area contributed by atoms with Crippen LogP contribution in [0, 0.1) is 5.92 Å². The minimum absolute atomic E-state index is 0. The van der Waals surface area contributed by atoms with Crippen LogP contribution in [0.15, 0.2) is 30.3 Å². The van der Waals surface area contributed by atoms with Crippen molar-refractivity contribution in [3.05, 3.63) is 35.9 Å². The highest BCUT2D eigenvalue weighted by Crippen LogP contribution is 2.25. The molecule has 26 heavy (non-hydrogen) atoms. The Balaban J connectivity index is 0.00000169. The fourth-order valence-corrected chi connectivity index (χ4v) is 3.48. The van der Waals surface area contributed by atoms with E-state index < -0.39 is 24.9 Å². The van der Waals surface area contributed by atoms with Crippen LogP contribution < -0.4 is 10.6 Å². The average molecular weight is 410 g/mol. The molecule has 0 spiro atoms. The molecule has 2 saturated heterocycles. The summed E-state index contributed by atoms with van der Waals surface area (Å²) in [5.74, 6) is -2.65. The number of carbonyl (C=O) groups excluding carboxylic acids is 1. The number of carbonyl (C=O) groups is 1. The third-order valence-corrected chi connectivity index (χ3v) is 4.92. The molecule has 8 heteroatoms. The van der Waals surface area contributed by atoms with Gasteiger partial charge in [0, 0.05) is 26.1 Å². The van der Waals surface area contributed by atoms with E-state index in [1.54, 1.807) is 0 Å². The summed E-state index contributed by atoms with van der Waals surface area (Å²) in [5, 5.41) is 5.43. The summed E-state index contributed by atoms with van der Waals surface area (Å²) in [4.78, 5) is 14.4. The van der Waals surface area contributed by atoms with Gasteiger partial charge in [-0.2, -0.15) is 0 Å². The number of hydrogen-bond donors (Lipinski definition) is 2. The highest BCUT2D eigenvalue weighted by Gasteiger charge is 2.42. The third kappa shape index (κ3) is 6.65. The summed E-state index contributed by atoms with van der Waals surface area (Å²) in [6.07, 6.45) is 1.68. The van der Waals surface area contributed by atoms with Gasteiger partial charge in [0.2, 0.25) is 5.91 Å². The fraction of sp³-hybridized carbons (Fsp3) is 0.611. The lowest BCUT2D eigenvalue weighted by atomic mass is 10.1. The van der Waals surface area contributed by atoms with E-state index in [-0.39, 0.29) is 30.7 Å². The first-order valence-corrected chi connectivity index (χ1v) is 8.67. The maximum absolute atomic E-state index is 13.1. The first-order valence-electron chi connectivity index (χ1n) is 8.67. The zero-order valence-corrected chi connectivity index (χ0v) is 16.3. The number of amides is 1. The van der Waals surface area contributed by atoms with Crippen molar-refractivity contribution in [1.29, 1.82) is 0 Å². The number of alkyl halides is 2. The molecule has 4 nitrogen and oxygen atoms in total. The minimum atomic E-state index is -2.76. The van der Waals surface area contributed by atoms with Crippen LogP contribution in [-0.2, 0) is 11.2 Å². The van der Waals surface area contributed by atoms with E-state index in [9.17, 15) is 13.6 Å². The van der Waals surface area contributed by atoms with Crippen molar-refractivity contribution < 1.29 is 13.6 Å². The molecule has 2 unspecified atom stereocenters. The van der Waals surface area contributed by atoms with Gasteiger partial charge in [0.15, 0.2) is 0 Å². The number of benzene rings is 1. The van der Waals surface area contributed by atoms with E-state index in [0.29, 0.717) is 12.5 Å². The molecular weight excluding hydrogens is 383 g/mol. The summed E-state index contributed by atoms with van der Waals surface area (Å²) < 4.78 is 26.2. The van der Waals surface area contributed by atoms with E-state index in [1.807, 2.05) is 6.07 Å². The van der Waals surface area contributed by atoms with Gasteiger partial charge in [-0.25, -0.2) is 8.78 Å². The van der Waals surface area contributed by atoms with Gasteiger partial charge in [0.1, 0.15) is 0 Å². The lowest BCUT2D eigenvalue weighted by molar-refractivity contribution is -0.123. The van der Waals surface area contributed by atoms with Gasteiger partial charge in [-0.3, -0.25) is 10.1 Å². The van der Waals surface area contributed by atoms with Gasteiger partial charge in [0.05, 0.1) is 12.6 Å². The van der Waals surface area contributed by atoms with Crippen molar-refractivity contribution in [3.63, 3.8) is 0 Å². The first-order chi connectivity index (χ1) is 11.5. The molecule has 2 atom stereocenters. The molecule has 148 valence electrons. The Hall–Kier alpha value is -0.950. The Labute approximate surface area is 165 Å². The van der Waals surface area contributed by atoms with E-state index in [2.05, 4.69) is 39.8 Å². The molecule has 0 aromatic heterocycles. The molecule has 1 aromatic rings. The predicted octanol–water partition coefficient (Wildman–Crippen LogP) is 2.51. The van der Waals surface area contributed by atoms with Gasteiger partial charge < -0.3 is 10.2 Å². The molecule has 2 aliphatic rings. The van der Waals surface area contributed by atoms with Crippen LogP contribution in [-0.4, -0.2) is 55.5 Å². The second-order valence-corrected chi connectivity index (χ2v) is 6.93. The van der Waals surface area contributed by atoms with Gasteiger partial charge in [-0.1, -0.05) is 30.3 Å². The summed E-state index contributed by atoms with van der Waals surface area (Å²) in [7, 11) is 0. The zero-order chi connectivity index (χ0) is 17.0. The topological polar surface area (TPSA) is 44.4 Å². The molecule has 2 fully saturated rings. The number of nitrogens with one attached hydrogen (secondary N) is 2. The van der Waals surface area contributed by atoms with Crippen LogP contribution >= 0.6 is 24.8 Å². The first kappa shape index (κ1) is 23.1. The van der Waals surface area contributed by atoms with Crippen molar-refractivity contribution in [1.82, 2.24) is 15.5 Å². The van der Waals surface area contributed by atoms with Crippen molar-refractivity contribution in [2.75, 3.05) is 32.7 Å². The quantitative estimate of drug-likeness (QED) is 0.758. The Bertz CT molecular complexity index is 563. The van der Waals surface area contributed by atoms with E-state index in [0.717, 1.165) is 32.5 Å². The smallest absolute Gasteiger partial charge is 0.262 e. The Kier molecular flexibility index (Phi) is 9.24. The Morgan fingerprint density at radius 2 is 2.00 bits per heavy atom. The van der Waals surface area contributed by atoms with Crippen LogP contribution in [0.1, 0.15) is 18.4 Å². The minimum Gasteiger partial charge on any atom is -0.354 e. The maximum atomic E-state index is 13.1. The summed E-state index contributed by atoms with van der Waals surface area (Å²) in [5.41, 5.74) is 1.34. The van der Waals surface area contributed by atoms with Gasteiger partial charge in [-0.15, -0.1) is 24.8 Å². The van der Waals surface area contributed by atoms with Gasteiger partial charge >= 0.3 is 0 Å². The third-order valence-electron chi connectivity index (χ3n) is 4.92. The standard InChI is InChI=1S/C18H25F2N3O.2ClH/c19-18(20)10-16(22-13-18)17(24)21-11-15-7-9-23(12-15)8-6-14-4-2-1-3-5-14;;/h1-5,15-16,22H,6-13H2,(H,21,24);2*1H. The second-order valence-electron chi connectivity index (χ2n) is 6.93. The Morgan fingerprint density at radius 1 is 1.27 bits per heavy atom. The maximum Gasteiger partial charge on any atom is 0.262 e. The van der Waals surface area contributed by atoms with Crippen LogP contribution in [0.25, 0.3) is 0 Å². The van der Waals surface area contributed by atoms with E-state index >= 15 is 0 Å². The number of nitrogens with zero attached hydrogens (tertiary/aromatic N) is 1. The van der Waals surface area contributed by atoms with E-state index in [4.69, 9.17) is 0 Å². The molecule has 1 aromatic carbocycles. The fourth-order valence-electron chi connectivity index (χ4n) is 3.48. The van der Waals surface area contributed by atoms with Crippen LogP contribution in [0.3, 0.4) is 0 Å².